The van der Waals surface area contributed by atoms with Gasteiger partial charge in [0.2, 0.25) is 5.75 Å². The molecule has 0 spiro atoms. The van der Waals surface area contributed by atoms with Gasteiger partial charge >= 0.3 is 0 Å². The zero-order valence-corrected chi connectivity index (χ0v) is 20.4. The molecule has 0 aliphatic heterocycles. The van der Waals surface area contributed by atoms with Crippen LogP contribution in [-0.4, -0.2) is 53.0 Å². The zero-order chi connectivity index (χ0) is 23.0. The van der Waals surface area contributed by atoms with E-state index >= 15 is 0 Å². The highest BCUT2D eigenvalue weighted by Gasteiger charge is 2.17. The molecule has 2 aromatic carbocycles. The fourth-order valence-corrected chi connectivity index (χ4v) is 4.00. The van der Waals surface area contributed by atoms with Crippen molar-refractivity contribution < 1.29 is 28.5 Å². The third-order valence-electron chi connectivity index (χ3n) is 3.97. The van der Waals surface area contributed by atoms with Crippen molar-refractivity contribution in [2.24, 2.45) is 5.10 Å². The summed E-state index contributed by atoms with van der Waals surface area (Å²) in [6, 6.07) is 6.59. The number of benzene rings is 2. The second-order valence-corrected chi connectivity index (χ2v) is 7.67. The average molecular weight is 559 g/mol. The summed E-state index contributed by atoms with van der Waals surface area (Å²) in [5, 5.41) is 6.42. The predicted octanol–water partition coefficient (Wildman–Crippen LogP) is 3.13. The van der Waals surface area contributed by atoms with Crippen LogP contribution in [-0.2, 0) is 4.79 Å². The van der Waals surface area contributed by atoms with E-state index in [4.69, 9.17) is 18.9 Å². The van der Waals surface area contributed by atoms with Gasteiger partial charge in [-0.25, -0.2) is 5.43 Å². The van der Waals surface area contributed by atoms with Crippen LogP contribution in [0.2, 0.25) is 0 Å². The number of hydrazone groups is 1. The van der Waals surface area contributed by atoms with Crippen molar-refractivity contribution in [3.8, 4) is 23.0 Å². The quantitative estimate of drug-likeness (QED) is 0.362. The van der Waals surface area contributed by atoms with Crippen LogP contribution >= 0.6 is 31.9 Å². The van der Waals surface area contributed by atoms with Crippen LogP contribution in [0.4, 0.5) is 0 Å². The fraction of sp³-hybridized carbons (Fsp3) is 0.250. The van der Waals surface area contributed by atoms with Gasteiger partial charge in [0.1, 0.15) is 5.75 Å². The maximum atomic E-state index is 12.4. The standard InChI is InChI=1S/C20H21Br2N3O6/c1-28-15-6-11(7-16(29-2)19(15)31-4)20(27)23-10-17(26)25-24-9-12-5-13(21)8-14(22)18(12)30-3/h5-9H,10H2,1-4H3,(H,23,27)(H,25,26). The van der Waals surface area contributed by atoms with Gasteiger partial charge in [-0.1, -0.05) is 15.9 Å². The number of rotatable bonds is 9. The average Bonchev–Trinajstić information content (AvgIpc) is 2.76. The van der Waals surface area contributed by atoms with Crippen LogP contribution in [0.5, 0.6) is 23.0 Å². The highest BCUT2D eigenvalue weighted by Crippen LogP contribution is 2.38. The van der Waals surface area contributed by atoms with Crippen molar-refractivity contribution in [2.45, 2.75) is 0 Å². The molecule has 0 saturated heterocycles. The number of hydrogen-bond donors (Lipinski definition) is 2. The molecule has 0 aromatic heterocycles. The van der Waals surface area contributed by atoms with Crippen LogP contribution in [0.15, 0.2) is 38.3 Å². The van der Waals surface area contributed by atoms with Crippen LogP contribution in [0.25, 0.3) is 0 Å². The van der Waals surface area contributed by atoms with E-state index in [2.05, 4.69) is 47.7 Å². The number of halogens is 2. The van der Waals surface area contributed by atoms with E-state index in [0.717, 1.165) is 8.95 Å². The first-order valence-electron chi connectivity index (χ1n) is 8.77. The molecule has 0 heterocycles. The predicted molar refractivity (Wildman–Crippen MR) is 123 cm³/mol. The lowest BCUT2D eigenvalue weighted by Crippen LogP contribution is -2.35. The summed E-state index contributed by atoms with van der Waals surface area (Å²) in [6.45, 7) is -0.286. The molecule has 2 amide bonds. The van der Waals surface area contributed by atoms with Gasteiger partial charge in [-0.05, 0) is 40.2 Å². The number of methoxy groups -OCH3 is 4. The van der Waals surface area contributed by atoms with E-state index in [0.29, 0.717) is 28.6 Å². The molecule has 11 heteroatoms. The van der Waals surface area contributed by atoms with Gasteiger partial charge in [0.05, 0.1) is 45.7 Å². The molecular weight excluding hydrogens is 538 g/mol. The lowest BCUT2D eigenvalue weighted by Gasteiger charge is -2.14. The summed E-state index contributed by atoms with van der Waals surface area (Å²) >= 11 is 6.78. The van der Waals surface area contributed by atoms with Crippen molar-refractivity contribution in [1.29, 1.82) is 0 Å². The van der Waals surface area contributed by atoms with E-state index in [1.807, 2.05) is 6.07 Å². The van der Waals surface area contributed by atoms with Crippen molar-refractivity contribution >= 4 is 49.9 Å². The van der Waals surface area contributed by atoms with Crippen LogP contribution in [0.3, 0.4) is 0 Å². The van der Waals surface area contributed by atoms with Crippen molar-refractivity contribution in [3.05, 3.63) is 44.3 Å². The third kappa shape index (κ3) is 6.34. The van der Waals surface area contributed by atoms with Gasteiger partial charge < -0.3 is 24.3 Å². The summed E-state index contributed by atoms with van der Waals surface area (Å²) in [7, 11) is 5.89. The lowest BCUT2D eigenvalue weighted by atomic mass is 10.1. The smallest absolute Gasteiger partial charge is 0.259 e. The van der Waals surface area contributed by atoms with Gasteiger partial charge in [0, 0.05) is 15.6 Å². The van der Waals surface area contributed by atoms with Crippen molar-refractivity contribution in [3.63, 3.8) is 0 Å². The Balaban J connectivity index is 2.01. The number of carbonyl (C=O) groups excluding carboxylic acids is 2. The molecule has 0 unspecified atom stereocenters. The largest absolute Gasteiger partial charge is 0.495 e. The Morgan fingerprint density at radius 2 is 1.55 bits per heavy atom. The van der Waals surface area contributed by atoms with Crippen LogP contribution in [0, 0.1) is 0 Å². The Hall–Kier alpha value is -2.79. The zero-order valence-electron chi connectivity index (χ0n) is 17.2. The Morgan fingerprint density at radius 1 is 0.935 bits per heavy atom. The van der Waals surface area contributed by atoms with E-state index in [1.54, 1.807) is 6.07 Å². The minimum Gasteiger partial charge on any atom is -0.495 e. The summed E-state index contributed by atoms with van der Waals surface area (Å²) in [5.41, 5.74) is 3.24. The first-order chi connectivity index (χ1) is 14.8. The molecule has 0 radical (unpaired) electrons. The van der Waals surface area contributed by atoms with E-state index in [1.165, 1.54) is 46.8 Å². The maximum Gasteiger partial charge on any atom is 0.259 e. The second kappa shape index (κ2) is 11.6. The minimum atomic E-state index is -0.509. The number of nitrogens with one attached hydrogen (secondary N) is 2. The van der Waals surface area contributed by atoms with Crippen LogP contribution < -0.4 is 29.7 Å². The topological polar surface area (TPSA) is 107 Å². The number of carbonyl (C=O) groups is 2. The van der Waals surface area contributed by atoms with E-state index < -0.39 is 11.8 Å². The van der Waals surface area contributed by atoms with Gasteiger partial charge in [0.25, 0.3) is 11.8 Å². The highest BCUT2D eigenvalue weighted by atomic mass is 79.9. The van der Waals surface area contributed by atoms with Gasteiger partial charge in [-0.3, -0.25) is 9.59 Å². The normalized spacial score (nSPS) is 10.5. The summed E-state index contributed by atoms with van der Waals surface area (Å²) in [5.74, 6) is 0.589. The molecule has 0 fully saturated rings. The van der Waals surface area contributed by atoms with Gasteiger partial charge in [-0.2, -0.15) is 5.10 Å². The number of hydrogen-bond acceptors (Lipinski definition) is 7. The summed E-state index contributed by atoms with van der Waals surface area (Å²) in [4.78, 5) is 24.5. The lowest BCUT2D eigenvalue weighted by molar-refractivity contribution is -0.120. The Morgan fingerprint density at radius 3 is 2.10 bits per heavy atom. The molecule has 0 aliphatic rings. The Kier molecular flexibility index (Phi) is 9.13. The molecule has 9 nitrogen and oxygen atoms in total. The molecule has 2 N–H and O–H groups in total. The van der Waals surface area contributed by atoms with Crippen molar-refractivity contribution in [1.82, 2.24) is 10.7 Å². The minimum absolute atomic E-state index is 0.245. The van der Waals surface area contributed by atoms with Crippen molar-refractivity contribution in [2.75, 3.05) is 35.0 Å². The Bertz CT molecular complexity index is 972. The number of nitrogens with zero attached hydrogens (tertiary/aromatic N) is 1. The molecule has 166 valence electrons. The molecule has 0 saturated carbocycles. The summed E-state index contributed by atoms with van der Waals surface area (Å²) < 4.78 is 22.5. The van der Waals surface area contributed by atoms with E-state index in [9.17, 15) is 9.59 Å². The molecule has 0 atom stereocenters. The first kappa shape index (κ1) is 24.5. The van der Waals surface area contributed by atoms with Crippen LogP contribution in [0.1, 0.15) is 15.9 Å². The second-order valence-electron chi connectivity index (χ2n) is 5.90. The summed E-state index contributed by atoms with van der Waals surface area (Å²) in [6.07, 6.45) is 1.44. The molecular formula is C20H21Br2N3O6. The van der Waals surface area contributed by atoms with Gasteiger partial charge in [-0.15, -0.1) is 0 Å². The molecule has 2 aromatic rings. The monoisotopic (exact) mass is 557 g/mol. The fourth-order valence-electron chi connectivity index (χ4n) is 2.58. The van der Waals surface area contributed by atoms with E-state index in [-0.39, 0.29) is 12.1 Å². The Labute approximate surface area is 196 Å². The number of ether oxygens (including phenoxy) is 4. The van der Waals surface area contributed by atoms with Gasteiger partial charge in [0.15, 0.2) is 11.5 Å². The molecule has 0 bridgehead atoms. The maximum absolute atomic E-state index is 12.4. The molecule has 2 rings (SSSR count). The highest BCUT2D eigenvalue weighted by molar-refractivity contribution is 9.11. The molecule has 31 heavy (non-hydrogen) atoms. The third-order valence-corrected chi connectivity index (χ3v) is 5.02. The first-order valence-corrected chi connectivity index (χ1v) is 10.4. The molecule has 0 aliphatic carbocycles. The SMILES string of the molecule is COc1cc(C(=O)NCC(=O)NN=Cc2cc(Br)cc(Br)c2OC)cc(OC)c1OC. The number of amides is 2.